The molecule has 0 bridgehead atoms. The molecular weight excluding hydrogens is 390 g/mol. The van der Waals surface area contributed by atoms with Crippen molar-refractivity contribution in [3.05, 3.63) is 24.3 Å². The summed E-state index contributed by atoms with van der Waals surface area (Å²) >= 11 is 0. The summed E-state index contributed by atoms with van der Waals surface area (Å²) in [5, 5.41) is 3.05. The highest BCUT2D eigenvalue weighted by Gasteiger charge is 2.33. The van der Waals surface area contributed by atoms with E-state index in [1.54, 1.807) is 31.4 Å². The Kier molecular flexibility index (Phi) is 7.54. The van der Waals surface area contributed by atoms with E-state index in [-0.39, 0.29) is 23.3 Å². The average Bonchev–Trinajstić information content (AvgIpc) is 2.75. The second-order valence-corrected chi connectivity index (χ2v) is 10.1. The van der Waals surface area contributed by atoms with Crippen LogP contribution in [0.2, 0.25) is 0 Å². The molecule has 162 valence electrons. The molecular formula is C21H33N3O4S. The molecule has 1 N–H and O–H groups in total. The van der Waals surface area contributed by atoms with Gasteiger partial charge in [-0.1, -0.05) is 0 Å². The van der Waals surface area contributed by atoms with Crippen molar-refractivity contribution in [2.75, 3.05) is 46.9 Å². The van der Waals surface area contributed by atoms with Crippen molar-refractivity contribution >= 4 is 15.9 Å². The number of carbonyl (C=O) groups is 1. The molecule has 0 unspecified atom stereocenters. The van der Waals surface area contributed by atoms with Crippen molar-refractivity contribution in [1.29, 1.82) is 0 Å². The number of rotatable bonds is 7. The summed E-state index contributed by atoms with van der Waals surface area (Å²) in [6.45, 7) is 3.62. The molecule has 1 atom stereocenters. The van der Waals surface area contributed by atoms with Crippen LogP contribution < -0.4 is 10.1 Å². The predicted molar refractivity (Wildman–Crippen MR) is 112 cm³/mol. The Hall–Kier alpha value is -1.64. The summed E-state index contributed by atoms with van der Waals surface area (Å²) in [5.74, 6) is 0.982. The second kappa shape index (κ2) is 9.91. The van der Waals surface area contributed by atoms with E-state index in [2.05, 4.69) is 17.3 Å². The van der Waals surface area contributed by atoms with Gasteiger partial charge < -0.3 is 15.0 Å². The number of nitrogens with zero attached hydrogens (tertiary/aromatic N) is 2. The summed E-state index contributed by atoms with van der Waals surface area (Å²) in [6.07, 6.45) is 4.80. The van der Waals surface area contributed by atoms with Crippen LogP contribution in [0.4, 0.5) is 0 Å². The van der Waals surface area contributed by atoms with E-state index in [9.17, 15) is 13.2 Å². The highest BCUT2D eigenvalue weighted by atomic mass is 32.2. The third-order valence-corrected chi connectivity index (χ3v) is 8.02. The van der Waals surface area contributed by atoms with Crippen LogP contribution in [0, 0.1) is 11.8 Å². The number of sulfonamides is 1. The molecule has 29 heavy (non-hydrogen) atoms. The Morgan fingerprint density at radius 3 is 2.48 bits per heavy atom. The smallest absolute Gasteiger partial charge is 0.243 e. The maximum Gasteiger partial charge on any atom is 0.243 e. The fourth-order valence-corrected chi connectivity index (χ4v) is 5.69. The molecule has 2 saturated heterocycles. The van der Waals surface area contributed by atoms with Gasteiger partial charge in [-0.05, 0) is 82.4 Å². The Morgan fingerprint density at radius 1 is 1.14 bits per heavy atom. The van der Waals surface area contributed by atoms with Gasteiger partial charge in [0.1, 0.15) is 5.75 Å². The molecule has 2 aliphatic heterocycles. The fourth-order valence-electron chi connectivity index (χ4n) is 4.17. The lowest BCUT2D eigenvalue weighted by atomic mass is 9.93. The van der Waals surface area contributed by atoms with Crippen molar-refractivity contribution in [2.45, 2.75) is 37.0 Å². The first-order valence-electron chi connectivity index (χ1n) is 10.5. The van der Waals surface area contributed by atoms with Gasteiger partial charge in [0.25, 0.3) is 0 Å². The van der Waals surface area contributed by atoms with Crippen LogP contribution in [0.25, 0.3) is 0 Å². The van der Waals surface area contributed by atoms with Crippen LogP contribution >= 0.6 is 0 Å². The van der Waals surface area contributed by atoms with E-state index in [0.717, 1.165) is 25.9 Å². The minimum Gasteiger partial charge on any atom is -0.497 e. The Labute approximate surface area is 174 Å². The molecule has 1 aromatic carbocycles. The van der Waals surface area contributed by atoms with E-state index in [4.69, 9.17) is 4.74 Å². The van der Waals surface area contributed by atoms with E-state index >= 15 is 0 Å². The maximum absolute atomic E-state index is 13.0. The molecule has 1 aromatic rings. The number of piperidine rings is 2. The van der Waals surface area contributed by atoms with Crippen LogP contribution in [0.5, 0.6) is 5.75 Å². The number of hydrogen-bond acceptors (Lipinski definition) is 5. The van der Waals surface area contributed by atoms with Crippen molar-refractivity contribution in [3.63, 3.8) is 0 Å². The first kappa shape index (κ1) is 22.1. The number of likely N-dealkylation sites (tertiary alicyclic amines) is 1. The Balaban J connectivity index is 1.51. The lowest BCUT2D eigenvalue weighted by molar-refractivity contribution is -0.126. The number of methoxy groups -OCH3 is 1. The molecule has 1 amide bonds. The lowest BCUT2D eigenvalue weighted by Crippen LogP contribution is -2.45. The van der Waals surface area contributed by atoms with Crippen molar-refractivity contribution in [2.24, 2.45) is 11.8 Å². The van der Waals surface area contributed by atoms with Crippen LogP contribution in [0.3, 0.4) is 0 Å². The summed E-state index contributed by atoms with van der Waals surface area (Å²) in [6, 6.07) is 6.40. The van der Waals surface area contributed by atoms with Gasteiger partial charge in [-0.25, -0.2) is 8.42 Å². The number of nitrogens with one attached hydrogen (secondary N) is 1. The van der Waals surface area contributed by atoms with Gasteiger partial charge in [-0.2, -0.15) is 4.31 Å². The first-order chi connectivity index (χ1) is 13.9. The third kappa shape index (κ3) is 5.71. The van der Waals surface area contributed by atoms with Gasteiger partial charge >= 0.3 is 0 Å². The van der Waals surface area contributed by atoms with Crippen molar-refractivity contribution in [1.82, 2.24) is 14.5 Å². The number of ether oxygens (including phenoxy) is 1. The zero-order chi connectivity index (χ0) is 20.9. The Morgan fingerprint density at radius 2 is 1.83 bits per heavy atom. The molecule has 0 saturated carbocycles. The molecule has 3 rings (SSSR count). The molecule has 2 fully saturated rings. The lowest BCUT2D eigenvalue weighted by Gasteiger charge is -2.32. The molecule has 8 heteroatoms. The van der Waals surface area contributed by atoms with Gasteiger partial charge in [-0.15, -0.1) is 0 Å². The van der Waals surface area contributed by atoms with Gasteiger partial charge in [0.05, 0.1) is 17.9 Å². The highest BCUT2D eigenvalue weighted by Crippen LogP contribution is 2.25. The second-order valence-electron chi connectivity index (χ2n) is 8.20. The van der Waals surface area contributed by atoms with Crippen LogP contribution in [-0.4, -0.2) is 70.4 Å². The summed E-state index contributed by atoms with van der Waals surface area (Å²) in [7, 11) is 0.0882. The SMILES string of the molecule is COc1ccc(S(=O)(=O)N2CCC[C@@H](C(=O)NCCC3CCN(C)CC3)C2)cc1. The van der Waals surface area contributed by atoms with Crippen LogP contribution in [-0.2, 0) is 14.8 Å². The number of hydrogen-bond donors (Lipinski definition) is 1. The van der Waals surface area contributed by atoms with Gasteiger partial charge in [0.15, 0.2) is 0 Å². The monoisotopic (exact) mass is 423 g/mol. The number of benzene rings is 1. The average molecular weight is 424 g/mol. The normalized spacial score (nSPS) is 22.3. The number of carbonyl (C=O) groups excluding carboxylic acids is 1. The van der Waals surface area contributed by atoms with Crippen LogP contribution in [0.15, 0.2) is 29.2 Å². The quantitative estimate of drug-likeness (QED) is 0.725. The Bertz CT molecular complexity index is 774. The topological polar surface area (TPSA) is 79.0 Å². The zero-order valence-electron chi connectivity index (χ0n) is 17.5. The van der Waals surface area contributed by atoms with E-state index in [1.807, 2.05) is 0 Å². The summed E-state index contributed by atoms with van der Waals surface area (Å²) in [5.41, 5.74) is 0. The molecule has 0 spiro atoms. The zero-order valence-corrected chi connectivity index (χ0v) is 18.3. The fraction of sp³-hybridized carbons (Fsp3) is 0.667. The standard InChI is InChI=1S/C21H33N3O4S/c1-23-14-10-17(11-15-23)9-12-22-21(25)18-4-3-13-24(16-18)29(26,27)20-7-5-19(28-2)6-8-20/h5-8,17-18H,3-4,9-16H2,1-2H3,(H,22,25)/t18-/m1/s1. The van der Waals surface area contributed by atoms with Gasteiger partial charge in [0, 0.05) is 19.6 Å². The molecule has 0 aliphatic carbocycles. The van der Waals surface area contributed by atoms with Crippen molar-refractivity contribution in [3.8, 4) is 5.75 Å². The largest absolute Gasteiger partial charge is 0.497 e. The maximum atomic E-state index is 13.0. The minimum absolute atomic E-state index is 0.0208. The third-order valence-electron chi connectivity index (χ3n) is 6.14. The predicted octanol–water partition coefficient (Wildman–Crippen LogP) is 1.94. The minimum atomic E-state index is -3.60. The summed E-state index contributed by atoms with van der Waals surface area (Å²) in [4.78, 5) is 15.2. The summed E-state index contributed by atoms with van der Waals surface area (Å²) < 4.78 is 32.4. The van der Waals surface area contributed by atoms with Gasteiger partial charge in [-0.3, -0.25) is 4.79 Å². The first-order valence-corrected chi connectivity index (χ1v) is 11.9. The van der Waals surface area contributed by atoms with E-state index < -0.39 is 10.0 Å². The molecule has 2 aliphatic rings. The molecule has 7 nitrogen and oxygen atoms in total. The van der Waals surface area contributed by atoms with Crippen LogP contribution in [0.1, 0.15) is 32.1 Å². The number of amides is 1. The van der Waals surface area contributed by atoms with Gasteiger partial charge in [0.2, 0.25) is 15.9 Å². The highest BCUT2D eigenvalue weighted by molar-refractivity contribution is 7.89. The molecule has 2 heterocycles. The van der Waals surface area contributed by atoms with Crippen molar-refractivity contribution < 1.29 is 17.9 Å². The van der Waals surface area contributed by atoms with E-state index in [1.165, 1.54) is 17.1 Å². The van der Waals surface area contributed by atoms with E-state index in [0.29, 0.717) is 31.2 Å². The molecule has 0 aromatic heterocycles. The molecule has 0 radical (unpaired) electrons.